The van der Waals surface area contributed by atoms with Gasteiger partial charge in [-0.2, -0.15) is 0 Å². The van der Waals surface area contributed by atoms with Crippen molar-refractivity contribution in [3.63, 3.8) is 0 Å². The first-order valence-corrected chi connectivity index (χ1v) is 5.31. The number of carbonyl (C=O) groups excluding carboxylic acids is 3. The van der Waals surface area contributed by atoms with E-state index in [1.54, 1.807) is 36.6 Å². The van der Waals surface area contributed by atoms with Crippen LogP contribution < -0.4 is 10.6 Å². The molecule has 2 N–H and O–H groups in total. The second-order valence-electron chi connectivity index (χ2n) is 3.50. The first-order valence-electron chi connectivity index (χ1n) is 5.31. The van der Waals surface area contributed by atoms with Crippen molar-refractivity contribution < 1.29 is 14.4 Å². The monoisotopic (exact) mass is 245 g/mol. The van der Waals surface area contributed by atoms with E-state index in [1.807, 2.05) is 0 Å². The molecule has 0 spiro atoms. The van der Waals surface area contributed by atoms with Crippen molar-refractivity contribution in [3.05, 3.63) is 35.9 Å². The van der Waals surface area contributed by atoms with Gasteiger partial charge in [0.1, 0.15) is 0 Å². The lowest BCUT2D eigenvalue weighted by Gasteiger charge is -2.08. The molecule has 1 aromatic rings. The largest absolute Gasteiger partial charge is 0.347 e. The van der Waals surface area contributed by atoms with Gasteiger partial charge in [-0.25, -0.2) is 0 Å². The summed E-state index contributed by atoms with van der Waals surface area (Å²) in [5, 5.41) is 5.04. The van der Waals surface area contributed by atoms with Crippen LogP contribution in [-0.4, -0.2) is 24.6 Å². The normalized spacial score (nSPS) is 10.1. The SMILES string of the molecule is CC(=O)NCC(=O)Nc1ccccc1/C=C/[C]=O. The van der Waals surface area contributed by atoms with Gasteiger partial charge in [-0.05, 0) is 23.8 Å². The molecule has 0 atom stereocenters. The van der Waals surface area contributed by atoms with Gasteiger partial charge >= 0.3 is 0 Å². The van der Waals surface area contributed by atoms with E-state index in [0.29, 0.717) is 11.3 Å². The molecule has 0 unspecified atom stereocenters. The quantitative estimate of drug-likeness (QED) is 0.756. The summed E-state index contributed by atoms with van der Waals surface area (Å²) in [4.78, 5) is 32.3. The molecule has 0 fully saturated rings. The lowest BCUT2D eigenvalue weighted by atomic mass is 10.1. The maximum absolute atomic E-state index is 11.5. The maximum atomic E-state index is 11.5. The minimum Gasteiger partial charge on any atom is -0.347 e. The zero-order chi connectivity index (χ0) is 13.4. The van der Waals surface area contributed by atoms with Crippen molar-refractivity contribution in [2.24, 2.45) is 0 Å². The Hall–Kier alpha value is -2.43. The first-order chi connectivity index (χ1) is 8.63. The van der Waals surface area contributed by atoms with Gasteiger partial charge in [0, 0.05) is 12.6 Å². The number of hydrogen-bond acceptors (Lipinski definition) is 3. The lowest BCUT2D eigenvalue weighted by molar-refractivity contribution is -0.122. The fraction of sp³-hybridized carbons (Fsp3) is 0.154. The molecule has 1 radical (unpaired) electrons. The Kier molecular flexibility index (Phi) is 5.31. The minimum absolute atomic E-state index is 0.0901. The minimum atomic E-state index is -0.332. The molecular weight excluding hydrogens is 232 g/mol. The number of amides is 2. The topological polar surface area (TPSA) is 75.3 Å². The Balaban J connectivity index is 2.71. The summed E-state index contributed by atoms with van der Waals surface area (Å²) in [6, 6.07) is 7.00. The molecule has 0 heterocycles. The van der Waals surface area contributed by atoms with Gasteiger partial charge in [0.25, 0.3) is 0 Å². The van der Waals surface area contributed by atoms with E-state index in [2.05, 4.69) is 10.6 Å². The number of anilines is 1. The fourth-order valence-corrected chi connectivity index (χ4v) is 1.28. The summed E-state index contributed by atoms with van der Waals surface area (Å²) in [6.45, 7) is 1.25. The zero-order valence-electron chi connectivity index (χ0n) is 9.90. The molecular formula is C13H13N2O3. The third kappa shape index (κ3) is 4.61. The molecule has 1 aromatic carbocycles. The molecule has 5 heteroatoms. The second kappa shape index (κ2) is 7.01. The van der Waals surface area contributed by atoms with Gasteiger partial charge in [-0.3, -0.25) is 14.4 Å². The van der Waals surface area contributed by atoms with Gasteiger partial charge in [0.15, 0.2) is 0 Å². The Morgan fingerprint density at radius 3 is 2.72 bits per heavy atom. The Labute approximate surface area is 105 Å². The molecule has 18 heavy (non-hydrogen) atoms. The van der Waals surface area contributed by atoms with E-state index in [1.165, 1.54) is 13.0 Å². The molecule has 0 saturated carbocycles. The summed E-state index contributed by atoms with van der Waals surface area (Å²) in [5.74, 6) is -0.602. The van der Waals surface area contributed by atoms with Crippen LogP contribution in [0.15, 0.2) is 30.3 Å². The molecule has 0 bridgehead atoms. The Morgan fingerprint density at radius 2 is 2.06 bits per heavy atom. The number of para-hydroxylation sites is 1. The van der Waals surface area contributed by atoms with Crippen LogP contribution in [0.2, 0.25) is 0 Å². The van der Waals surface area contributed by atoms with E-state index in [-0.39, 0.29) is 18.4 Å². The second-order valence-corrected chi connectivity index (χ2v) is 3.50. The molecule has 0 aliphatic carbocycles. The average molecular weight is 245 g/mol. The summed E-state index contributed by atoms with van der Waals surface area (Å²) in [5.41, 5.74) is 1.26. The number of nitrogens with one attached hydrogen (secondary N) is 2. The number of benzene rings is 1. The van der Waals surface area contributed by atoms with E-state index in [9.17, 15) is 14.4 Å². The van der Waals surface area contributed by atoms with Crippen molar-refractivity contribution in [2.45, 2.75) is 6.92 Å². The summed E-state index contributed by atoms with van der Waals surface area (Å²) in [6.07, 6.45) is 4.40. The van der Waals surface area contributed by atoms with Crippen molar-refractivity contribution in [1.82, 2.24) is 5.32 Å². The van der Waals surface area contributed by atoms with Crippen LogP contribution in [-0.2, 0) is 14.4 Å². The lowest BCUT2D eigenvalue weighted by Crippen LogP contribution is -2.31. The number of hydrogen-bond donors (Lipinski definition) is 2. The third-order valence-corrected chi connectivity index (χ3v) is 2.06. The highest BCUT2D eigenvalue weighted by atomic mass is 16.2. The molecule has 1 rings (SSSR count). The Bertz CT molecular complexity index is 481. The summed E-state index contributed by atoms with van der Waals surface area (Å²) in [7, 11) is 0. The highest BCUT2D eigenvalue weighted by Crippen LogP contribution is 2.16. The predicted molar refractivity (Wildman–Crippen MR) is 68.5 cm³/mol. The zero-order valence-corrected chi connectivity index (χ0v) is 9.90. The van der Waals surface area contributed by atoms with Crippen LogP contribution in [0.4, 0.5) is 5.69 Å². The number of carbonyl (C=O) groups is 2. The smallest absolute Gasteiger partial charge is 0.243 e. The van der Waals surface area contributed by atoms with E-state index in [4.69, 9.17) is 0 Å². The fourth-order valence-electron chi connectivity index (χ4n) is 1.28. The summed E-state index contributed by atoms with van der Waals surface area (Å²) >= 11 is 0. The third-order valence-electron chi connectivity index (χ3n) is 2.06. The number of allylic oxidation sites excluding steroid dienone is 1. The van der Waals surface area contributed by atoms with E-state index in [0.717, 1.165) is 0 Å². The molecule has 2 amide bonds. The van der Waals surface area contributed by atoms with Gasteiger partial charge in [-0.15, -0.1) is 0 Å². The molecule has 93 valence electrons. The van der Waals surface area contributed by atoms with Gasteiger partial charge in [0.05, 0.1) is 6.54 Å². The van der Waals surface area contributed by atoms with Crippen LogP contribution in [0.25, 0.3) is 6.08 Å². The Morgan fingerprint density at radius 1 is 1.33 bits per heavy atom. The van der Waals surface area contributed by atoms with Crippen LogP contribution >= 0.6 is 0 Å². The molecule has 0 aliphatic heterocycles. The maximum Gasteiger partial charge on any atom is 0.243 e. The van der Waals surface area contributed by atoms with Crippen LogP contribution in [0.3, 0.4) is 0 Å². The van der Waals surface area contributed by atoms with Crippen LogP contribution in [0, 0.1) is 0 Å². The predicted octanol–water partition coefficient (Wildman–Crippen LogP) is 0.884. The van der Waals surface area contributed by atoms with E-state index >= 15 is 0 Å². The molecule has 5 nitrogen and oxygen atoms in total. The van der Waals surface area contributed by atoms with Crippen molar-refractivity contribution in [2.75, 3.05) is 11.9 Å². The first kappa shape index (κ1) is 13.6. The van der Waals surface area contributed by atoms with Gasteiger partial charge in [-0.1, -0.05) is 18.2 Å². The average Bonchev–Trinajstić information content (AvgIpc) is 2.35. The molecule has 0 saturated heterocycles. The van der Waals surface area contributed by atoms with Crippen molar-refractivity contribution >= 4 is 29.9 Å². The van der Waals surface area contributed by atoms with Crippen LogP contribution in [0.5, 0.6) is 0 Å². The number of rotatable bonds is 5. The standard InChI is InChI=1S/C13H13N2O3/c1-10(17)14-9-13(18)15-12-7-3-2-5-11(12)6-4-8-16/h2-7H,9H2,1H3,(H,14,17)(H,15,18)/b6-4+. The highest BCUT2D eigenvalue weighted by molar-refractivity contribution is 5.96. The van der Waals surface area contributed by atoms with Gasteiger partial charge in [0.2, 0.25) is 18.1 Å². The van der Waals surface area contributed by atoms with Crippen LogP contribution in [0.1, 0.15) is 12.5 Å². The van der Waals surface area contributed by atoms with E-state index < -0.39 is 0 Å². The molecule has 0 aliphatic rings. The van der Waals surface area contributed by atoms with Crippen molar-refractivity contribution in [1.29, 1.82) is 0 Å². The van der Waals surface area contributed by atoms with Gasteiger partial charge < -0.3 is 10.6 Å². The highest BCUT2D eigenvalue weighted by Gasteiger charge is 2.05. The van der Waals surface area contributed by atoms with Crippen molar-refractivity contribution in [3.8, 4) is 0 Å². The molecule has 0 aromatic heterocycles. The summed E-state index contributed by atoms with van der Waals surface area (Å²) < 4.78 is 0.